The van der Waals surface area contributed by atoms with Gasteiger partial charge in [0, 0.05) is 24.1 Å². The van der Waals surface area contributed by atoms with E-state index in [0.29, 0.717) is 30.5 Å². The molecule has 4 rings (SSSR count). The minimum atomic E-state index is -3.71. The average Bonchev–Trinajstić information content (AvgIpc) is 3.44. The Morgan fingerprint density at radius 3 is 2.61 bits per heavy atom. The van der Waals surface area contributed by atoms with Gasteiger partial charge in [0.1, 0.15) is 6.04 Å². The number of benzene rings is 1. The van der Waals surface area contributed by atoms with E-state index in [9.17, 15) is 13.2 Å². The topological polar surface area (TPSA) is 79.4 Å². The number of carbonyl (C=O) groups is 1. The highest BCUT2D eigenvalue weighted by atomic mass is 32.2. The van der Waals surface area contributed by atoms with Crippen LogP contribution in [0.5, 0.6) is 0 Å². The van der Waals surface area contributed by atoms with Gasteiger partial charge in [-0.1, -0.05) is 31.4 Å². The second-order valence-electron chi connectivity index (χ2n) is 8.21. The van der Waals surface area contributed by atoms with E-state index in [1.807, 2.05) is 24.4 Å². The van der Waals surface area contributed by atoms with Crippen LogP contribution in [0.25, 0.3) is 0 Å². The predicted octanol–water partition coefficient (Wildman–Crippen LogP) is 3.92. The number of thiazole rings is 1. The Labute approximate surface area is 192 Å². The van der Waals surface area contributed by atoms with Crippen LogP contribution in [-0.4, -0.2) is 47.8 Å². The van der Waals surface area contributed by atoms with Crippen molar-refractivity contribution in [2.24, 2.45) is 0 Å². The van der Waals surface area contributed by atoms with Crippen LogP contribution in [0.2, 0.25) is 0 Å². The Balaban J connectivity index is 1.39. The van der Waals surface area contributed by atoms with Crippen LogP contribution >= 0.6 is 23.1 Å². The van der Waals surface area contributed by atoms with Crippen molar-refractivity contribution in [3.05, 3.63) is 45.9 Å². The maximum atomic E-state index is 13.3. The number of thioether (sulfide) groups is 1. The predicted molar refractivity (Wildman–Crippen MR) is 126 cm³/mol. The largest absolute Gasteiger partial charge is 0.354 e. The number of nitrogens with one attached hydrogen (secondary N) is 1. The summed E-state index contributed by atoms with van der Waals surface area (Å²) >= 11 is 3.06. The lowest BCUT2D eigenvalue weighted by Crippen LogP contribution is -2.47. The number of carbonyl (C=O) groups excluding carboxylic acids is 1. The quantitative estimate of drug-likeness (QED) is 0.651. The SMILES string of the molecule is Cc1nc(CCNC(=O)[C@H]2CSCN2S(=O)(=O)c2ccc(C3CCCCC3)cc2)cs1. The number of aryl methyl sites for hydroxylation is 1. The van der Waals surface area contributed by atoms with Crippen molar-refractivity contribution in [2.45, 2.75) is 62.3 Å². The van der Waals surface area contributed by atoms with E-state index in [2.05, 4.69) is 10.3 Å². The maximum absolute atomic E-state index is 13.3. The van der Waals surface area contributed by atoms with E-state index >= 15 is 0 Å². The first-order valence-corrected chi connectivity index (χ1v) is 14.3. The first-order valence-electron chi connectivity index (χ1n) is 10.8. The number of rotatable bonds is 7. The van der Waals surface area contributed by atoms with Crippen LogP contribution in [0.15, 0.2) is 34.5 Å². The number of hydrogen-bond donors (Lipinski definition) is 1. The summed E-state index contributed by atoms with van der Waals surface area (Å²) in [6.45, 7) is 2.40. The summed E-state index contributed by atoms with van der Waals surface area (Å²) in [6, 6.07) is 6.66. The lowest BCUT2D eigenvalue weighted by atomic mass is 9.84. The molecule has 1 aromatic heterocycles. The molecule has 2 aromatic rings. The fourth-order valence-electron chi connectivity index (χ4n) is 4.31. The van der Waals surface area contributed by atoms with Gasteiger partial charge in [0.25, 0.3) is 0 Å². The van der Waals surface area contributed by atoms with E-state index in [4.69, 9.17) is 0 Å². The zero-order valence-corrected chi connectivity index (χ0v) is 20.2. The van der Waals surface area contributed by atoms with Crippen LogP contribution in [0.4, 0.5) is 0 Å². The molecule has 1 saturated heterocycles. The van der Waals surface area contributed by atoms with Gasteiger partial charge >= 0.3 is 0 Å². The zero-order valence-electron chi connectivity index (χ0n) is 17.7. The van der Waals surface area contributed by atoms with E-state index in [1.165, 1.54) is 53.7 Å². The molecule has 0 unspecified atom stereocenters. The van der Waals surface area contributed by atoms with E-state index in [1.54, 1.807) is 23.5 Å². The fraction of sp³-hybridized carbons (Fsp3) is 0.545. The minimum Gasteiger partial charge on any atom is -0.354 e. The lowest BCUT2D eigenvalue weighted by molar-refractivity contribution is -0.123. The Bertz CT molecular complexity index is 999. The number of hydrogen-bond acceptors (Lipinski definition) is 6. The Morgan fingerprint density at radius 2 is 1.94 bits per heavy atom. The summed E-state index contributed by atoms with van der Waals surface area (Å²) in [5.41, 5.74) is 2.17. The number of amides is 1. The van der Waals surface area contributed by atoms with Gasteiger partial charge in [-0.15, -0.1) is 23.1 Å². The van der Waals surface area contributed by atoms with Crippen LogP contribution in [0, 0.1) is 6.92 Å². The van der Waals surface area contributed by atoms with Gasteiger partial charge in [-0.25, -0.2) is 13.4 Å². The molecule has 1 atom stereocenters. The van der Waals surface area contributed by atoms with Gasteiger partial charge in [-0.2, -0.15) is 4.31 Å². The third kappa shape index (κ3) is 5.32. The molecule has 2 fully saturated rings. The second kappa shape index (κ2) is 10.0. The number of nitrogens with zero attached hydrogens (tertiary/aromatic N) is 2. The van der Waals surface area contributed by atoms with E-state index in [0.717, 1.165) is 10.7 Å². The minimum absolute atomic E-state index is 0.237. The van der Waals surface area contributed by atoms with Crippen LogP contribution < -0.4 is 5.32 Å². The van der Waals surface area contributed by atoms with Crippen LogP contribution in [-0.2, 0) is 21.2 Å². The second-order valence-corrected chi connectivity index (χ2v) is 12.2. The van der Waals surface area contributed by atoms with Crippen molar-refractivity contribution in [2.75, 3.05) is 18.2 Å². The molecular formula is C22H29N3O3S3. The summed E-state index contributed by atoms with van der Waals surface area (Å²) in [6.07, 6.45) is 6.78. The molecule has 0 bridgehead atoms. The van der Waals surface area contributed by atoms with Crippen LogP contribution in [0.1, 0.15) is 54.3 Å². The highest BCUT2D eigenvalue weighted by Crippen LogP contribution is 2.34. The molecule has 0 radical (unpaired) electrons. The normalized spacial score (nSPS) is 20.7. The molecular weight excluding hydrogens is 450 g/mol. The smallest absolute Gasteiger partial charge is 0.244 e. The van der Waals surface area contributed by atoms with Gasteiger partial charge in [0.2, 0.25) is 15.9 Å². The number of aromatic nitrogens is 1. The monoisotopic (exact) mass is 479 g/mol. The molecule has 31 heavy (non-hydrogen) atoms. The molecule has 2 heterocycles. The summed E-state index contributed by atoms with van der Waals surface area (Å²) in [5.74, 6) is 1.07. The van der Waals surface area contributed by atoms with Gasteiger partial charge in [0.05, 0.1) is 21.5 Å². The Hall–Kier alpha value is -1.42. The third-order valence-electron chi connectivity index (χ3n) is 6.05. The van der Waals surface area contributed by atoms with Crippen molar-refractivity contribution in [1.82, 2.24) is 14.6 Å². The van der Waals surface area contributed by atoms with Crippen molar-refractivity contribution in [3.63, 3.8) is 0 Å². The zero-order chi connectivity index (χ0) is 21.8. The standard InChI is InChI=1S/C22H29N3O3S3/c1-16-24-19(13-30-16)11-12-23-22(26)21-14-29-15-25(21)31(27,28)20-9-7-18(8-10-20)17-5-3-2-4-6-17/h7-10,13,17,21H,2-6,11-12,14-15H2,1H3,(H,23,26)/t21-/m1/s1. The summed E-state index contributed by atoms with van der Waals surface area (Å²) in [7, 11) is -3.71. The molecule has 1 aliphatic carbocycles. The first-order chi connectivity index (χ1) is 14.9. The van der Waals surface area contributed by atoms with Crippen molar-refractivity contribution in [1.29, 1.82) is 0 Å². The maximum Gasteiger partial charge on any atom is 0.244 e. The third-order valence-corrected chi connectivity index (χ3v) is 9.92. The van der Waals surface area contributed by atoms with Crippen LogP contribution in [0.3, 0.4) is 0 Å². The molecule has 1 amide bonds. The highest BCUT2D eigenvalue weighted by Gasteiger charge is 2.40. The van der Waals surface area contributed by atoms with E-state index < -0.39 is 16.1 Å². The summed E-state index contributed by atoms with van der Waals surface area (Å²) < 4.78 is 27.9. The van der Waals surface area contributed by atoms with E-state index in [-0.39, 0.29) is 10.8 Å². The molecule has 6 nitrogen and oxygen atoms in total. The molecule has 1 aliphatic heterocycles. The fourth-order valence-corrected chi connectivity index (χ4v) is 8.10. The molecule has 2 aliphatic rings. The summed E-state index contributed by atoms with van der Waals surface area (Å²) in [5, 5.41) is 5.88. The summed E-state index contributed by atoms with van der Waals surface area (Å²) in [4.78, 5) is 17.4. The average molecular weight is 480 g/mol. The van der Waals surface area contributed by atoms with Crippen molar-refractivity contribution >= 4 is 39.0 Å². The lowest BCUT2D eigenvalue weighted by Gasteiger charge is -2.24. The molecule has 9 heteroatoms. The first kappa shape index (κ1) is 22.8. The van der Waals surface area contributed by atoms with Gasteiger partial charge < -0.3 is 5.32 Å². The highest BCUT2D eigenvalue weighted by molar-refractivity contribution is 8.00. The Kier molecular flexibility index (Phi) is 7.36. The van der Waals surface area contributed by atoms with Gasteiger partial charge in [-0.3, -0.25) is 4.79 Å². The molecule has 0 spiro atoms. The Morgan fingerprint density at radius 1 is 1.19 bits per heavy atom. The molecule has 1 N–H and O–H groups in total. The molecule has 1 aromatic carbocycles. The van der Waals surface area contributed by atoms with Gasteiger partial charge in [-0.05, 0) is 43.4 Å². The van der Waals surface area contributed by atoms with Gasteiger partial charge in [0.15, 0.2) is 0 Å². The number of sulfonamides is 1. The molecule has 168 valence electrons. The molecule has 1 saturated carbocycles. The van der Waals surface area contributed by atoms with Crippen molar-refractivity contribution < 1.29 is 13.2 Å². The van der Waals surface area contributed by atoms with Crippen molar-refractivity contribution in [3.8, 4) is 0 Å².